The topological polar surface area (TPSA) is 105 Å². The molecule has 0 aromatic heterocycles. The van der Waals surface area contributed by atoms with Gasteiger partial charge >= 0.3 is 7.82 Å². The highest BCUT2D eigenvalue weighted by molar-refractivity contribution is 7.47. The number of nitrogens with zero attached hydrogens (tertiary/aromatic N) is 1. The first-order valence-electron chi connectivity index (χ1n) is 30.1. The van der Waals surface area contributed by atoms with Crippen molar-refractivity contribution in [2.45, 2.75) is 321 Å². The number of likely N-dealkylation sites (N-methyl/N-ethyl adjacent to an activating group) is 1. The summed E-state index contributed by atoms with van der Waals surface area (Å²) in [6, 6.07) is -0.759. The fourth-order valence-electron chi connectivity index (χ4n) is 9.28. The summed E-state index contributed by atoms with van der Waals surface area (Å²) in [6.07, 6.45) is 62.7. The van der Waals surface area contributed by atoms with Crippen molar-refractivity contribution in [1.29, 1.82) is 0 Å². The van der Waals surface area contributed by atoms with Crippen molar-refractivity contribution >= 4 is 13.7 Å². The molecule has 0 rings (SSSR count). The van der Waals surface area contributed by atoms with Gasteiger partial charge in [-0.2, -0.15) is 0 Å². The number of aliphatic hydroxyl groups excluding tert-OH is 1. The quantitative estimate of drug-likeness (QED) is 0.0243. The molecule has 0 aromatic rings. The van der Waals surface area contributed by atoms with E-state index in [4.69, 9.17) is 9.05 Å². The Bertz CT molecular complexity index is 1120. The molecule has 3 N–H and O–H groups in total. The van der Waals surface area contributed by atoms with Crippen LogP contribution >= 0.6 is 7.82 Å². The largest absolute Gasteiger partial charge is 0.472 e. The molecule has 8 nitrogen and oxygen atoms in total. The Morgan fingerprint density at radius 1 is 0.485 bits per heavy atom. The molecule has 406 valence electrons. The second-order valence-electron chi connectivity index (χ2n) is 22.1. The van der Waals surface area contributed by atoms with Crippen LogP contribution in [0.3, 0.4) is 0 Å². The van der Waals surface area contributed by atoms with E-state index in [1.165, 1.54) is 244 Å². The summed E-state index contributed by atoms with van der Waals surface area (Å²) in [4.78, 5) is 23.4. The maximum absolute atomic E-state index is 13.0. The molecule has 3 atom stereocenters. The minimum absolute atomic E-state index is 0.0771. The molecule has 0 aliphatic carbocycles. The third-order valence-electron chi connectivity index (χ3n) is 14.0. The SMILES string of the molecule is CCCCCCCCCCCCCC/C=C\CCCCCCCCCCCCC(=O)NC(COP(=O)(O)OCC[N+](C)(C)C)C(O)CCCCCCCCCCCCCCCCCCCCCC. The van der Waals surface area contributed by atoms with E-state index >= 15 is 0 Å². The number of phosphoric acid groups is 1. The number of carbonyl (C=O) groups is 1. The zero-order chi connectivity index (χ0) is 49.9. The average Bonchev–Trinajstić information content (AvgIpc) is 3.30. The van der Waals surface area contributed by atoms with Crippen LogP contribution in [-0.2, 0) is 18.4 Å². The zero-order valence-corrected chi connectivity index (χ0v) is 47.3. The number of quaternary nitrogens is 1. The molecule has 0 radical (unpaired) electrons. The standard InChI is InChI=1S/C59H119N2O6P/c1-6-8-10-12-14-16-18-20-22-24-26-28-29-30-31-32-33-35-37-39-41-43-45-47-49-51-53-59(63)60-57(56-67-68(64,65)66-55-54-61(3,4)5)58(62)52-50-48-46-44-42-40-38-36-34-27-25-23-21-19-17-15-13-11-9-7-2/h30-31,57-58,62H,6-29,32-56H2,1-5H3,(H-,60,63,64,65)/p+1/b31-30-. The van der Waals surface area contributed by atoms with Crippen molar-refractivity contribution in [3.63, 3.8) is 0 Å². The van der Waals surface area contributed by atoms with Gasteiger partial charge in [0.25, 0.3) is 0 Å². The Labute approximate surface area is 424 Å². The Kier molecular flexibility index (Phi) is 50.6. The molecule has 0 aliphatic heterocycles. The molecular weight excluding hydrogens is 864 g/mol. The molecule has 3 unspecified atom stereocenters. The molecule has 0 heterocycles. The van der Waals surface area contributed by atoms with Crippen LogP contribution < -0.4 is 5.32 Å². The molecule has 0 aromatic carbocycles. The van der Waals surface area contributed by atoms with Crippen LogP contribution in [0, 0.1) is 0 Å². The molecule has 0 bridgehead atoms. The summed E-state index contributed by atoms with van der Waals surface area (Å²) in [7, 11) is 1.63. The van der Waals surface area contributed by atoms with Gasteiger partial charge in [-0.05, 0) is 38.5 Å². The third-order valence-corrected chi connectivity index (χ3v) is 15.0. The summed E-state index contributed by atoms with van der Waals surface area (Å²) in [5.74, 6) is -0.140. The maximum Gasteiger partial charge on any atom is 0.472 e. The van der Waals surface area contributed by atoms with Gasteiger partial charge in [0, 0.05) is 6.42 Å². The van der Waals surface area contributed by atoms with Gasteiger partial charge in [0.1, 0.15) is 13.2 Å². The second kappa shape index (κ2) is 51.2. The highest BCUT2D eigenvalue weighted by Crippen LogP contribution is 2.43. The Balaban J connectivity index is 4.11. The van der Waals surface area contributed by atoms with E-state index in [2.05, 4.69) is 31.3 Å². The van der Waals surface area contributed by atoms with Crippen LogP contribution in [0.1, 0.15) is 309 Å². The van der Waals surface area contributed by atoms with E-state index < -0.39 is 20.0 Å². The normalized spacial score (nSPS) is 13.9. The first kappa shape index (κ1) is 67.2. The monoisotopic (exact) mass is 984 g/mol. The summed E-state index contributed by atoms with van der Waals surface area (Å²) < 4.78 is 23.8. The van der Waals surface area contributed by atoms with Gasteiger partial charge in [0.15, 0.2) is 0 Å². The van der Waals surface area contributed by atoms with Crippen LogP contribution in [0.15, 0.2) is 12.2 Å². The number of phosphoric ester groups is 1. The van der Waals surface area contributed by atoms with Crippen molar-refractivity contribution < 1.29 is 32.9 Å². The van der Waals surface area contributed by atoms with Gasteiger partial charge in [-0.1, -0.05) is 276 Å². The van der Waals surface area contributed by atoms with Gasteiger partial charge in [0.05, 0.1) is 39.9 Å². The Hall–Kier alpha value is -0.760. The predicted octanol–water partition coefficient (Wildman–Crippen LogP) is 18.2. The highest BCUT2D eigenvalue weighted by atomic mass is 31.2. The molecule has 0 aliphatic rings. The van der Waals surface area contributed by atoms with Gasteiger partial charge in [-0.15, -0.1) is 0 Å². The minimum atomic E-state index is -4.32. The lowest BCUT2D eigenvalue weighted by Gasteiger charge is -2.26. The van der Waals surface area contributed by atoms with E-state index in [-0.39, 0.29) is 19.1 Å². The molecule has 0 fully saturated rings. The lowest BCUT2D eigenvalue weighted by atomic mass is 10.0. The summed E-state index contributed by atoms with van der Waals surface area (Å²) in [5.41, 5.74) is 0. The van der Waals surface area contributed by atoms with E-state index in [0.717, 1.165) is 38.5 Å². The van der Waals surface area contributed by atoms with E-state index in [0.29, 0.717) is 23.9 Å². The number of unbranched alkanes of at least 4 members (excludes halogenated alkanes) is 41. The Morgan fingerprint density at radius 2 is 0.794 bits per heavy atom. The van der Waals surface area contributed by atoms with Crippen LogP contribution in [0.25, 0.3) is 0 Å². The summed E-state index contributed by atoms with van der Waals surface area (Å²) in [5, 5.41) is 14.1. The second-order valence-corrected chi connectivity index (χ2v) is 23.5. The zero-order valence-electron chi connectivity index (χ0n) is 46.4. The molecule has 0 spiro atoms. The van der Waals surface area contributed by atoms with Crippen LogP contribution in [0.5, 0.6) is 0 Å². The van der Waals surface area contributed by atoms with Crippen molar-refractivity contribution in [1.82, 2.24) is 5.32 Å². The van der Waals surface area contributed by atoms with Crippen molar-refractivity contribution in [2.24, 2.45) is 0 Å². The Morgan fingerprint density at radius 3 is 1.13 bits per heavy atom. The van der Waals surface area contributed by atoms with E-state index in [1.807, 2.05) is 21.1 Å². The fourth-order valence-corrected chi connectivity index (χ4v) is 10.0. The van der Waals surface area contributed by atoms with Crippen molar-refractivity contribution in [3.05, 3.63) is 12.2 Å². The van der Waals surface area contributed by atoms with Crippen LogP contribution in [0.2, 0.25) is 0 Å². The predicted molar refractivity (Wildman–Crippen MR) is 295 cm³/mol. The average molecular weight is 985 g/mol. The van der Waals surface area contributed by atoms with Crippen molar-refractivity contribution in [3.8, 4) is 0 Å². The van der Waals surface area contributed by atoms with E-state index in [1.54, 1.807) is 0 Å². The molecular formula is C59H120N2O6P+. The lowest BCUT2D eigenvalue weighted by molar-refractivity contribution is -0.870. The van der Waals surface area contributed by atoms with Crippen LogP contribution in [0.4, 0.5) is 0 Å². The van der Waals surface area contributed by atoms with Crippen molar-refractivity contribution in [2.75, 3.05) is 40.9 Å². The first-order chi connectivity index (χ1) is 33.0. The number of rotatable bonds is 56. The molecule has 1 amide bonds. The van der Waals surface area contributed by atoms with Gasteiger partial charge in [-0.25, -0.2) is 4.57 Å². The number of hydrogen-bond donors (Lipinski definition) is 3. The molecule has 0 saturated carbocycles. The minimum Gasteiger partial charge on any atom is -0.391 e. The number of amides is 1. The fraction of sp³-hybridized carbons (Fsp3) is 0.949. The maximum atomic E-state index is 13.0. The lowest BCUT2D eigenvalue weighted by Crippen LogP contribution is -2.46. The smallest absolute Gasteiger partial charge is 0.391 e. The van der Waals surface area contributed by atoms with Crippen LogP contribution in [-0.4, -0.2) is 73.4 Å². The number of nitrogens with one attached hydrogen (secondary N) is 1. The number of allylic oxidation sites excluding steroid dienone is 2. The summed E-state index contributed by atoms with van der Waals surface area (Å²) >= 11 is 0. The molecule has 0 saturated heterocycles. The summed E-state index contributed by atoms with van der Waals surface area (Å²) in [6.45, 7) is 4.94. The number of hydrogen-bond acceptors (Lipinski definition) is 5. The number of aliphatic hydroxyl groups is 1. The molecule has 9 heteroatoms. The van der Waals surface area contributed by atoms with Gasteiger partial charge in [0.2, 0.25) is 5.91 Å². The third kappa shape index (κ3) is 53.0. The number of carbonyl (C=O) groups excluding carboxylic acids is 1. The molecule has 68 heavy (non-hydrogen) atoms. The first-order valence-corrected chi connectivity index (χ1v) is 31.5. The van der Waals surface area contributed by atoms with Gasteiger partial charge < -0.3 is 19.8 Å². The van der Waals surface area contributed by atoms with Gasteiger partial charge in [-0.3, -0.25) is 13.8 Å². The van der Waals surface area contributed by atoms with E-state index in [9.17, 15) is 19.4 Å². The highest BCUT2D eigenvalue weighted by Gasteiger charge is 2.28.